The molecule has 1 aromatic carbocycles. The predicted octanol–water partition coefficient (Wildman–Crippen LogP) is 3.84. The molecule has 5 nitrogen and oxygen atoms in total. The van der Waals surface area contributed by atoms with Gasteiger partial charge >= 0.3 is 0 Å². The van der Waals surface area contributed by atoms with Crippen molar-refractivity contribution in [3.8, 4) is 0 Å². The summed E-state index contributed by atoms with van der Waals surface area (Å²) in [5, 5.41) is 13.5. The first kappa shape index (κ1) is 21.5. The summed E-state index contributed by atoms with van der Waals surface area (Å²) in [5.41, 5.74) is 3.80. The van der Waals surface area contributed by atoms with Crippen LogP contribution in [0.1, 0.15) is 49.9 Å². The van der Waals surface area contributed by atoms with Gasteiger partial charge in [0.05, 0.1) is 12.2 Å². The minimum atomic E-state index is 0. The third-order valence-electron chi connectivity index (χ3n) is 3.89. The lowest BCUT2D eigenvalue weighted by Crippen LogP contribution is -2.37. The highest BCUT2D eigenvalue weighted by molar-refractivity contribution is 14.0. The average molecular weight is 455 g/mol. The average Bonchev–Trinajstić information content (AvgIpc) is 3.10. The van der Waals surface area contributed by atoms with E-state index in [2.05, 4.69) is 70.9 Å². The second kappa shape index (κ2) is 11.9. The number of nitrogens with one attached hydrogen (secondary N) is 3. The van der Waals surface area contributed by atoms with Crippen molar-refractivity contribution in [3.63, 3.8) is 0 Å². The molecule has 0 amide bonds. The van der Waals surface area contributed by atoms with Crippen LogP contribution in [0.5, 0.6) is 0 Å². The number of aromatic amines is 1. The summed E-state index contributed by atoms with van der Waals surface area (Å²) in [6, 6.07) is 10.9. The van der Waals surface area contributed by atoms with E-state index in [1.54, 1.807) is 6.20 Å². The molecule has 0 unspecified atom stereocenters. The van der Waals surface area contributed by atoms with Crippen LogP contribution in [-0.4, -0.2) is 29.2 Å². The molecule has 0 fully saturated rings. The minimum Gasteiger partial charge on any atom is -0.357 e. The normalized spacial score (nSPS) is 11.3. The van der Waals surface area contributed by atoms with Gasteiger partial charge in [-0.2, -0.15) is 5.10 Å². The lowest BCUT2D eigenvalue weighted by Gasteiger charge is -2.11. The zero-order valence-corrected chi connectivity index (χ0v) is 17.7. The monoisotopic (exact) mass is 455 g/mol. The van der Waals surface area contributed by atoms with Crippen molar-refractivity contribution < 1.29 is 0 Å². The highest BCUT2D eigenvalue weighted by Crippen LogP contribution is 2.15. The molecule has 0 saturated heterocycles. The van der Waals surface area contributed by atoms with Gasteiger partial charge in [-0.05, 0) is 42.9 Å². The molecule has 0 aliphatic carbocycles. The quantitative estimate of drug-likeness (QED) is 0.245. The van der Waals surface area contributed by atoms with Gasteiger partial charge in [0, 0.05) is 19.3 Å². The van der Waals surface area contributed by atoms with Gasteiger partial charge in [-0.15, -0.1) is 24.0 Å². The van der Waals surface area contributed by atoms with Crippen LogP contribution in [0.25, 0.3) is 0 Å². The van der Waals surface area contributed by atoms with Gasteiger partial charge in [0.15, 0.2) is 5.96 Å². The van der Waals surface area contributed by atoms with Gasteiger partial charge in [-0.3, -0.25) is 5.10 Å². The van der Waals surface area contributed by atoms with Crippen LogP contribution >= 0.6 is 24.0 Å². The van der Waals surface area contributed by atoms with Gasteiger partial charge < -0.3 is 10.6 Å². The number of aryl methyl sites for hydroxylation is 1. The topological polar surface area (TPSA) is 65.1 Å². The molecule has 2 rings (SSSR count). The van der Waals surface area contributed by atoms with E-state index in [1.807, 2.05) is 6.07 Å². The van der Waals surface area contributed by atoms with Gasteiger partial charge in [-0.1, -0.05) is 38.1 Å². The Labute approximate surface area is 168 Å². The van der Waals surface area contributed by atoms with Gasteiger partial charge in [0.1, 0.15) is 0 Å². The number of hydrogen-bond donors (Lipinski definition) is 3. The fourth-order valence-electron chi connectivity index (χ4n) is 2.45. The number of guanidine groups is 1. The second-order valence-corrected chi connectivity index (χ2v) is 6.20. The van der Waals surface area contributed by atoms with E-state index in [0.717, 1.165) is 37.6 Å². The molecule has 0 radical (unpaired) electrons. The zero-order valence-electron chi connectivity index (χ0n) is 15.4. The van der Waals surface area contributed by atoms with E-state index in [4.69, 9.17) is 0 Å². The van der Waals surface area contributed by atoms with Crippen LogP contribution in [0.2, 0.25) is 0 Å². The fraction of sp³-hybridized carbons (Fsp3) is 0.474. The van der Waals surface area contributed by atoms with Crippen LogP contribution in [0, 0.1) is 0 Å². The summed E-state index contributed by atoms with van der Waals surface area (Å²) in [4.78, 5) is 4.55. The minimum absolute atomic E-state index is 0. The number of rotatable bonds is 8. The van der Waals surface area contributed by atoms with E-state index in [-0.39, 0.29) is 24.0 Å². The molecule has 0 aliphatic rings. The molecule has 6 heteroatoms. The van der Waals surface area contributed by atoms with E-state index >= 15 is 0 Å². The van der Waals surface area contributed by atoms with Gasteiger partial charge in [0.25, 0.3) is 0 Å². The van der Waals surface area contributed by atoms with Crippen LogP contribution < -0.4 is 10.6 Å². The lowest BCUT2D eigenvalue weighted by atomic mass is 10.0. The fourth-order valence-corrected chi connectivity index (χ4v) is 2.45. The van der Waals surface area contributed by atoms with Crippen molar-refractivity contribution in [1.82, 2.24) is 20.8 Å². The van der Waals surface area contributed by atoms with Crippen molar-refractivity contribution in [1.29, 1.82) is 0 Å². The number of halogens is 1. The van der Waals surface area contributed by atoms with Crippen LogP contribution in [0.4, 0.5) is 0 Å². The summed E-state index contributed by atoms with van der Waals surface area (Å²) in [6.45, 7) is 8.88. The zero-order chi connectivity index (χ0) is 17.2. The van der Waals surface area contributed by atoms with E-state index < -0.39 is 0 Å². The maximum atomic E-state index is 4.55. The molecular formula is C19H30IN5. The maximum Gasteiger partial charge on any atom is 0.191 e. The first-order chi connectivity index (χ1) is 11.7. The Bertz CT molecular complexity index is 605. The number of aromatic nitrogens is 2. The highest BCUT2D eigenvalue weighted by atomic mass is 127. The number of benzene rings is 1. The Balaban J connectivity index is 0.00000312. The molecular weight excluding hydrogens is 425 g/mol. The standard InChI is InChI=1S/C19H29N5.HI/c1-4-20-19(22-14-18-11-13-23-24-18)21-12-5-6-16-7-9-17(10-8-16)15(2)3;/h7-11,13,15H,4-6,12,14H2,1-3H3,(H,23,24)(H2,20,21,22);1H. The smallest absolute Gasteiger partial charge is 0.191 e. The Hall–Kier alpha value is -1.57. The molecule has 1 aromatic heterocycles. The molecule has 2 aromatic rings. The van der Waals surface area contributed by atoms with Gasteiger partial charge in [0.2, 0.25) is 0 Å². The molecule has 0 spiro atoms. The predicted molar refractivity (Wildman–Crippen MR) is 116 cm³/mol. The molecule has 0 saturated carbocycles. The first-order valence-electron chi connectivity index (χ1n) is 8.78. The summed E-state index contributed by atoms with van der Waals surface area (Å²) < 4.78 is 0. The molecule has 0 bridgehead atoms. The van der Waals surface area contributed by atoms with Crippen LogP contribution in [0.3, 0.4) is 0 Å². The number of aliphatic imine (C=N–C) groups is 1. The summed E-state index contributed by atoms with van der Waals surface area (Å²) in [6.07, 6.45) is 3.90. The third-order valence-corrected chi connectivity index (χ3v) is 3.89. The van der Waals surface area contributed by atoms with Crippen molar-refractivity contribution in [2.24, 2.45) is 4.99 Å². The third kappa shape index (κ3) is 7.90. The molecule has 25 heavy (non-hydrogen) atoms. The molecule has 138 valence electrons. The lowest BCUT2D eigenvalue weighted by molar-refractivity contribution is 0.742. The second-order valence-electron chi connectivity index (χ2n) is 6.20. The van der Waals surface area contributed by atoms with Crippen molar-refractivity contribution in [2.45, 2.75) is 46.1 Å². The summed E-state index contributed by atoms with van der Waals surface area (Å²) in [5.74, 6) is 1.44. The summed E-state index contributed by atoms with van der Waals surface area (Å²) in [7, 11) is 0. The first-order valence-corrected chi connectivity index (χ1v) is 8.78. The van der Waals surface area contributed by atoms with Crippen molar-refractivity contribution >= 4 is 29.9 Å². The molecule has 1 heterocycles. The van der Waals surface area contributed by atoms with Crippen molar-refractivity contribution in [2.75, 3.05) is 13.1 Å². The number of hydrogen-bond acceptors (Lipinski definition) is 2. The van der Waals surface area contributed by atoms with E-state index in [0.29, 0.717) is 12.5 Å². The van der Waals surface area contributed by atoms with E-state index in [9.17, 15) is 0 Å². The van der Waals surface area contributed by atoms with Crippen LogP contribution in [0.15, 0.2) is 41.5 Å². The number of nitrogens with zero attached hydrogens (tertiary/aromatic N) is 2. The Morgan fingerprint density at radius 2 is 1.92 bits per heavy atom. The largest absolute Gasteiger partial charge is 0.357 e. The Kier molecular flexibility index (Phi) is 10.2. The summed E-state index contributed by atoms with van der Waals surface area (Å²) >= 11 is 0. The Morgan fingerprint density at radius 3 is 2.52 bits per heavy atom. The Morgan fingerprint density at radius 1 is 1.16 bits per heavy atom. The SMILES string of the molecule is CCNC(=NCc1ccn[nH]1)NCCCc1ccc(C(C)C)cc1.I. The highest BCUT2D eigenvalue weighted by Gasteiger charge is 2.01. The molecule has 3 N–H and O–H groups in total. The van der Waals surface area contributed by atoms with Crippen molar-refractivity contribution in [3.05, 3.63) is 53.3 Å². The molecule has 0 aliphatic heterocycles. The maximum absolute atomic E-state index is 4.55. The number of H-pyrrole nitrogens is 1. The van der Waals surface area contributed by atoms with Gasteiger partial charge in [-0.25, -0.2) is 4.99 Å². The van der Waals surface area contributed by atoms with Crippen LogP contribution in [-0.2, 0) is 13.0 Å². The molecule has 0 atom stereocenters. The van der Waals surface area contributed by atoms with E-state index in [1.165, 1.54) is 11.1 Å².